The van der Waals surface area contributed by atoms with Crippen molar-refractivity contribution in [2.75, 3.05) is 12.4 Å². The minimum Gasteiger partial charge on any atom is -0.465 e. The number of anilines is 1. The summed E-state index contributed by atoms with van der Waals surface area (Å²) in [5.74, 6) is -0.798. The Kier molecular flexibility index (Phi) is 4.70. The third-order valence-corrected chi connectivity index (χ3v) is 5.38. The molecule has 0 unspecified atom stereocenters. The van der Waals surface area contributed by atoms with Gasteiger partial charge < -0.3 is 13.7 Å². The number of nitrogens with zero attached hydrogens (tertiary/aromatic N) is 2. The fourth-order valence-corrected chi connectivity index (χ4v) is 3.87. The molecule has 0 bridgehead atoms. The van der Waals surface area contributed by atoms with Crippen LogP contribution in [0.3, 0.4) is 0 Å². The van der Waals surface area contributed by atoms with Crippen LogP contribution in [-0.4, -0.2) is 28.5 Å². The largest absolute Gasteiger partial charge is 0.465 e. The van der Waals surface area contributed by atoms with E-state index in [0.717, 1.165) is 22.4 Å². The van der Waals surface area contributed by atoms with Gasteiger partial charge in [-0.2, -0.15) is 0 Å². The maximum Gasteiger partial charge on any atom is 0.350 e. The molecule has 0 saturated carbocycles. The fraction of sp³-hybridized carbons (Fsp3) is 0.150. The summed E-state index contributed by atoms with van der Waals surface area (Å²) in [7, 11) is 1.31. The number of methoxy groups -OCH3 is 1. The molecule has 8 heteroatoms. The number of rotatable bonds is 5. The first-order chi connectivity index (χ1) is 13.6. The predicted octanol–water partition coefficient (Wildman–Crippen LogP) is 4.09. The van der Waals surface area contributed by atoms with Gasteiger partial charge >= 0.3 is 5.97 Å². The monoisotopic (exact) mass is 395 g/mol. The first kappa shape index (κ1) is 18.0. The Morgan fingerprint density at radius 3 is 2.79 bits per heavy atom. The van der Waals surface area contributed by atoms with Gasteiger partial charge in [-0.1, -0.05) is 41.7 Å². The average molecular weight is 395 g/mol. The van der Waals surface area contributed by atoms with Crippen LogP contribution in [0.2, 0.25) is 0 Å². The molecule has 0 aliphatic heterocycles. The fourth-order valence-electron chi connectivity index (χ4n) is 2.99. The van der Waals surface area contributed by atoms with E-state index in [9.17, 15) is 9.59 Å². The quantitative estimate of drug-likeness (QED) is 0.515. The maximum atomic E-state index is 12.9. The maximum absolute atomic E-state index is 12.9. The van der Waals surface area contributed by atoms with Crippen LogP contribution in [0, 0.1) is 6.92 Å². The number of hydrogen-bond acceptors (Lipinski definition) is 6. The van der Waals surface area contributed by atoms with Crippen LogP contribution in [0.15, 0.2) is 53.1 Å². The molecule has 0 saturated heterocycles. The predicted molar refractivity (Wildman–Crippen MR) is 106 cm³/mol. The molecule has 0 aliphatic carbocycles. The van der Waals surface area contributed by atoms with Gasteiger partial charge in [-0.25, -0.2) is 9.78 Å². The highest BCUT2D eigenvalue weighted by Crippen LogP contribution is 2.26. The topological polar surface area (TPSA) is 86.4 Å². The summed E-state index contributed by atoms with van der Waals surface area (Å²) in [6.45, 7) is 2.22. The normalized spacial score (nSPS) is 10.9. The molecular formula is C20H17N3O4S. The Labute approximate surface area is 164 Å². The molecule has 3 aromatic heterocycles. The Balaban J connectivity index is 1.65. The zero-order chi connectivity index (χ0) is 19.7. The number of hydrogen-bond donors (Lipinski definition) is 1. The summed E-state index contributed by atoms with van der Waals surface area (Å²) < 4.78 is 12.1. The van der Waals surface area contributed by atoms with Crippen LogP contribution >= 0.6 is 11.3 Å². The second kappa shape index (κ2) is 7.32. The number of esters is 1. The summed E-state index contributed by atoms with van der Waals surface area (Å²) in [4.78, 5) is 29.3. The van der Waals surface area contributed by atoms with Gasteiger partial charge in [-0.3, -0.25) is 10.1 Å². The molecule has 0 atom stereocenters. The van der Waals surface area contributed by atoms with Crippen LogP contribution in [0.25, 0.3) is 11.1 Å². The van der Waals surface area contributed by atoms with Crippen molar-refractivity contribution in [3.8, 4) is 0 Å². The molecule has 1 amide bonds. The number of fused-ring (bicyclic) bond motifs is 1. The van der Waals surface area contributed by atoms with Crippen molar-refractivity contribution in [2.24, 2.45) is 0 Å². The Morgan fingerprint density at radius 1 is 1.25 bits per heavy atom. The van der Waals surface area contributed by atoms with Gasteiger partial charge in [0, 0.05) is 18.7 Å². The summed E-state index contributed by atoms with van der Waals surface area (Å²) >= 11 is 1.08. The molecule has 0 fully saturated rings. The molecule has 7 nitrogen and oxygen atoms in total. The lowest BCUT2D eigenvalue weighted by Crippen LogP contribution is -2.17. The van der Waals surface area contributed by atoms with Gasteiger partial charge in [0.1, 0.15) is 10.6 Å². The minimum absolute atomic E-state index is 0.326. The lowest BCUT2D eigenvalue weighted by atomic mass is 10.2. The zero-order valence-electron chi connectivity index (χ0n) is 15.3. The second-order valence-corrected chi connectivity index (χ2v) is 7.15. The van der Waals surface area contributed by atoms with Crippen LogP contribution < -0.4 is 5.32 Å². The highest BCUT2D eigenvalue weighted by atomic mass is 32.1. The number of amides is 1. The van der Waals surface area contributed by atoms with Gasteiger partial charge in [-0.05, 0) is 12.5 Å². The first-order valence-electron chi connectivity index (χ1n) is 8.54. The van der Waals surface area contributed by atoms with Crippen molar-refractivity contribution in [1.29, 1.82) is 0 Å². The van der Waals surface area contributed by atoms with Crippen LogP contribution in [0.1, 0.15) is 31.4 Å². The van der Waals surface area contributed by atoms with E-state index in [4.69, 9.17) is 9.15 Å². The molecule has 1 N–H and O–H groups in total. The lowest BCUT2D eigenvalue weighted by Gasteiger charge is -2.09. The zero-order valence-corrected chi connectivity index (χ0v) is 16.1. The molecule has 142 valence electrons. The number of benzene rings is 1. The van der Waals surface area contributed by atoms with E-state index in [0.29, 0.717) is 33.5 Å². The van der Waals surface area contributed by atoms with Crippen LogP contribution in [-0.2, 0) is 11.3 Å². The first-order valence-corrected chi connectivity index (χ1v) is 9.36. The van der Waals surface area contributed by atoms with Crippen molar-refractivity contribution in [3.05, 3.63) is 70.6 Å². The van der Waals surface area contributed by atoms with E-state index in [1.165, 1.54) is 7.11 Å². The summed E-state index contributed by atoms with van der Waals surface area (Å²) in [5, 5.41) is 3.11. The summed E-state index contributed by atoms with van der Waals surface area (Å²) in [6.07, 6.45) is 1.60. The van der Waals surface area contributed by atoms with Gasteiger partial charge in [0.05, 0.1) is 24.6 Å². The number of carbonyl (C=O) groups excluding carboxylic acids is 2. The molecule has 4 aromatic rings. The van der Waals surface area contributed by atoms with Crippen molar-refractivity contribution in [2.45, 2.75) is 13.5 Å². The lowest BCUT2D eigenvalue weighted by molar-refractivity contribution is 0.0605. The third-order valence-electron chi connectivity index (χ3n) is 4.33. The van der Waals surface area contributed by atoms with Crippen molar-refractivity contribution < 1.29 is 18.7 Å². The molecule has 1 aromatic carbocycles. The molecule has 0 spiro atoms. The van der Waals surface area contributed by atoms with Crippen molar-refractivity contribution in [3.63, 3.8) is 0 Å². The van der Waals surface area contributed by atoms with E-state index >= 15 is 0 Å². The Hall–Kier alpha value is -3.39. The SMILES string of the molecule is COC(=O)c1sc(NC(=O)c2cc3occc3n2Cc2ccccc2)nc1C. The van der Waals surface area contributed by atoms with Gasteiger partial charge in [0.2, 0.25) is 0 Å². The Bertz CT molecular complexity index is 1160. The Morgan fingerprint density at radius 2 is 2.04 bits per heavy atom. The van der Waals surface area contributed by atoms with Crippen LogP contribution in [0.5, 0.6) is 0 Å². The van der Waals surface area contributed by atoms with Crippen LogP contribution in [0.4, 0.5) is 5.13 Å². The number of aryl methyl sites for hydroxylation is 1. The van der Waals surface area contributed by atoms with Crippen molar-refractivity contribution in [1.82, 2.24) is 9.55 Å². The third kappa shape index (κ3) is 3.29. The minimum atomic E-state index is -0.472. The summed E-state index contributed by atoms with van der Waals surface area (Å²) in [5.41, 5.74) is 3.49. The molecule has 0 radical (unpaired) electrons. The van der Waals surface area contributed by atoms with E-state index < -0.39 is 5.97 Å². The number of aromatic nitrogens is 2. The smallest absolute Gasteiger partial charge is 0.350 e. The van der Waals surface area contributed by atoms with Crippen molar-refractivity contribution >= 4 is 39.4 Å². The van der Waals surface area contributed by atoms with E-state index in [1.807, 2.05) is 41.0 Å². The number of carbonyl (C=O) groups is 2. The highest BCUT2D eigenvalue weighted by Gasteiger charge is 2.21. The molecule has 0 aliphatic rings. The number of thiazole rings is 1. The average Bonchev–Trinajstić information content (AvgIpc) is 3.38. The number of nitrogens with one attached hydrogen (secondary N) is 1. The molecule has 3 heterocycles. The highest BCUT2D eigenvalue weighted by molar-refractivity contribution is 7.17. The van der Waals surface area contributed by atoms with Gasteiger partial charge in [0.15, 0.2) is 10.7 Å². The second-order valence-electron chi connectivity index (χ2n) is 6.15. The van der Waals surface area contributed by atoms with Gasteiger partial charge in [-0.15, -0.1) is 0 Å². The van der Waals surface area contributed by atoms with E-state index in [1.54, 1.807) is 19.3 Å². The number of furan rings is 1. The molecule has 28 heavy (non-hydrogen) atoms. The molecule has 4 rings (SSSR count). The van der Waals surface area contributed by atoms with Gasteiger partial charge in [0.25, 0.3) is 5.91 Å². The van der Waals surface area contributed by atoms with E-state index in [-0.39, 0.29) is 5.91 Å². The molecular weight excluding hydrogens is 378 g/mol. The van der Waals surface area contributed by atoms with E-state index in [2.05, 4.69) is 10.3 Å². The summed E-state index contributed by atoms with van der Waals surface area (Å²) in [6, 6.07) is 13.4. The standard InChI is InChI=1S/C20H17N3O4S/c1-12-17(19(25)26-2)28-20(21-12)22-18(24)15-10-16-14(8-9-27-16)23(15)11-13-6-4-3-5-7-13/h3-10H,11H2,1-2H3,(H,21,22,24). The number of ether oxygens (including phenoxy) is 1.